The highest BCUT2D eigenvalue weighted by atomic mass is 32.2. The number of aliphatic carboxylic acids is 1. The van der Waals surface area contributed by atoms with E-state index in [9.17, 15) is 44.2 Å². The Balaban J connectivity index is 1.30. The van der Waals surface area contributed by atoms with Crippen molar-refractivity contribution in [2.24, 2.45) is 5.73 Å². The topological polar surface area (TPSA) is 267 Å². The summed E-state index contributed by atoms with van der Waals surface area (Å²) < 4.78 is 1.79. The Morgan fingerprint density at radius 1 is 1.24 bits per heavy atom. The van der Waals surface area contributed by atoms with Gasteiger partial charge in [0.25, 0.3) is 17.7 Å². The predicted molar refractivity (Wildman–Crippen MR) is 160 cm³/mol. The van der Waals surface area contributed by atoms with Gasteiger partial charge in [0.05, 0.1) is 23.6 Å². The molecule has 0 aromatic carbocycles. The molecule has 3 aromatic rings. The van der Waals surface area contributed by atoms with Gasteiger partial charge in [0.15, 0.2) is 29.3 Å². The van der Waals surface area contributed by atoms with E-state index in [1.807, 2.05) is 0 Å². The molecule has 20 heteroatoms. The Morgan fingerprint density at radius 2 is 1.96 bits per heavy atom. The van der Waals surface area contributed by atoms with E-state index < -0.39 is 63.9 Å². The van der Waals surface area contributed by atoms with E-state index in [-0.39, 0.29) is 39.3 Å². The van der Waals surface area contributed by atoms with Gasteiger partial charge < -0.3 is 42.3 Å². The highest BCUT2D eigenvalue weighted by Gasteiger charge is 2.53. The number of pyridine rings is 2. The summed E-state index contributed by atoms with van der Waals surface area (Å²) in [6.07, 6.45) is 3.91. The number of amides is 4. The molecule has 240 valence electrons. The monoisotopic (exact) mass is 688 g/mol. The molecule has 4 amide bonds. The van der Waals surface area contributed by atoms with Gasteiger partial charge in [-0.3, -0.25) is 28.9 Å². The Kier molecular flexibility index (Phi) is 9.21. The number of thioether (sulfide) groups is 2. The molecule has 5 heterocycles. The molecule has 17 nitrogen and oxygen atoms in total. The molecule has 0 spiro atoms. The van der Waals surface area contributed by atoms with E-state index in [0.29, 0.717) is 17.8 Å². The number of primary amides is 1. The number of nitrogens with two attached hydrogens (primary N) is 2. The number of rotatable bonds is 11. The molecule has 8 N–H and O–H groups in total. The summed E-state index contributed by atoms with van der Waals surface area (Å²) in [5.41, 5.74) is 9.47. The van der Waals surface area contributed by atoms with Crippen molar-refractivity contribution in [3.63, 3.8) is 0 Å². The SMILES string of the molecule is NC(=O)C[n+]1ccc(SCC2=C(C(=O)[O-])N3C(=O)[C@@H](NC(=O)C(NC(=O)c4cc(=O)c(O)cn4O)c4csc(N)n4)[C@H]3SC2)cc1. The standard InChI is InChI=1S/C26H24N8O9S3/c27-17(37)7-32-3-1-12(2-4-32)44-8-11-9-45-24-19(23(40)34(24)20(11)25(41)42)31-22(39)18(13-10-46-26(28)29-13)30-21(38)14-5-15(35)16(36)6-33(14)43/h1-6,10,18-19,24,43H,7-9H2,(H7-,27,28,29,30,31,36,37,38,39,41,42)/t18?,19-,24-/m1/s1. The lowest BCUT2D eigenvalue weighted by atomic mass is 10.0. The molecule has 1 unspecified atom stereocenters. The number of β-lactam (4-membered cyclic amide) rings is 1. The fraction of sp³-hybridized carbons (Fsp3) is 0.231. The maximum Gasteiger partial charge on any atom is 0.283 e. The lowest BCUT2D eigenvalue weighted by molar-refractivity contribution is -0.684. The minimum absolute atomic E-state index is 0.00502. The van der Waals surface area contributed by atoms with Crippen molar-refractivity contribution in [2.45, 2.75) is 28.9 Å². The quantitative estimate of drug-likeness (QED) is 0.0518. The summed E-state index contributed by atoms with van der Waals surface area (Å²) in [7, 11) is 0. The average molecular weight is 689 g/mol. The summed E-state index contributed by atoms with van der Waals surface area (Å²) in [6.45, 7) is 0.00598. The summed E-state index contributed by atoms with van der Waals surface area (Å²) >= 11 is 3.51. The first-order valence-corrected chi connectivity index (χ1v) is 16.0. The van der Waals surface area contributed by atoms with Crippen LogP contribution >= 0.6 is 34.9 Å². The fourth-order valence-electron chi connectivity index (χ4n) is 4.61. The molecule has 0 bridgehead atoms. The number of carboxylic acid groups (broad SMARTS) is 1. The number of aromatic nitrogens is 3. The van der Waals surface area contributed by atoms with Crippen LogP contribution < -0.4 is 37.2 Å². The number of aromatic hydroxyl groups is 1. The zero-order valence-corrected chi connectivity index (χ0v) is 25.8. The first kappa shape index (κ1) is 32.3. The van der Waals surface area contributed by atoms with E-state index in [2.05, 4.69) is 15.6 Å². The van der Waals surface area contributed by atoms with Gasteiger partial charge in [-0.1, -0.05) is 0 Å². The first-order valence-electron chi connectivity index (χ1n) is 13.1. The van der Waals surface area contributed by atoms with Crippen molar-refractivity contribution in [2.75, 3.05) is 17.2 Å². The van der Waals surface area contributed by atoms with Crippen LogP contribution in [-0.2, 0) is 25.7 Å². The van der Waals surface area contributed by atoms with Crippen molar-refractivity contribution < 1.29 is 44.0 Å². The van der Waals surface area contributed by atoms with Gasteiger partial charge in [-0.05, 0) is 5.57 Å². The van der Waals surface area contributed by atoms with Crippen molar-refractivity contribution in [1.29, 1.82) is 0 Å². The van der Waals surface area contributed by atoms with Gasteiger partial charge in [-0.2, -0.15) is 9.30 Å². The average Bonchev–Trinajstić information content (AvgIpc) is 3.44. The lowest BCUT2D eigenvalue weighted by Gasteiger charge is -2.51. The largest absolute Gasteiger partial charge is 0.543 e. The lowest BCUT2D eigenvalue weighted by Crippen LogP contribution is -2.71. The summed E-state index contributed by atoms with van der Waals surface area (Å²) in [6, 6.07) is 1.41. The van der Waals surface area contributed by atoms with Crippen LogP contribution in [0.5, 0.6) is 5.75 Å². The van der Waals surface area contributed by atoms with Crippen LogP contribution in [0.2, 0.25) is 0 Å². The Labute approximate surface area is 270 Å². The molecule has 0 aliphatic carbocycles. The third-order valence-electron chi connectivity index (χ3n) is 6.77. The van der Waals surface area contributed by atoms with E-state index in [1.54, 1.807) is 29.1 Å². The second kappa shape index (κ2) is 13.1. The molecule has 0 saturated carbocycles. The molecular weight excluding hydrogens is 665 g/mol. The molecule has 1 fully saturated rings. The van der Waals surface area contributed by atoms with Gasteiger partial charge >= 0.3 is 0 Å². The Hall–Kier alpha value is -5.08. The minimum atomic E-state index is -1.56. The molecule has 5 rings (SSSR count). The molecule has 3 aromatic heterocycles. The van der Waals surface area contributed by atoms with Crippen LogP contribution in [0.1, 0.15) is 22.2 Å². The van der Waals surface area contributed by atoms with Crippen molar-refractivity contribution >= 4 is 69.6 Å². The number of carboxylic acids is 1. The highest BCUT2D eigenvalue weighted by molar-refractivity contribution is 8.01. The first-order chi connectivity index (χ1) is 21.8. The zero-order chi connectivity index (χ0) is 33.3. The second-order valence-electron chi connectivity index (χ2n) is 9.87. The number of carbonyl (C=O) groups excluding carboxylic acids is 5. The van der Waals surface area contributed by atoms with Gasteiger partial charge in [-0.15, -0.1) is 34.9 Å². The van der Waals surface area contributed by atoms with Gasteiger partial charge in [-0.25, -0.2) is 4.98 Å². The van der Waals surface area contributed by atoms with E-state index in [1.165, 1.54) is 28.9 Å². The summed E-state index contributed by atoms with van der Waals surface area (Å²) in [5.74, 6) is -5.16. The number of thiazole rings is 1. The highest BCUT2D eigenvalue weighted by Crippen LogP contribution is 2.41. The van der Waals surface area contributed by atoms with E-state index in [4.69, 9.17) is 11.5 Å². The molecule has 2 aliphatic heterocycles. The smallest absolute Gasteiger partial charge is 0.283 e. The number of carbonyl (C=O) groups is 5. The van der Waals surface area contributed by atoms with Crippen molar-refractivity contribution in [3.8, 4) is 5.75 Å². The summed E-state index contributed by atoms with van der Waals surface area (Å²) in [5, 5.41) is 37.2. The molecule has 46 heavy (non-hydrogen) atoms. The van der Waals surface area contributed by atoms with Crippen LogP contribution in [0.4, 0.5) is 5.13 Å². The fourth-order valence-corrected chi connectivity index (χ4v) is 7.57. The number of anilines is 1. The molecule has 0 radical (unpaired) electrons. The third kappa shape index (κ3) is 6.62. The number of nitrogen functional groups attached to an aromatic ring is 1. The minimum Gasteiger partial charge on any atom is -0.543 e. The zero-order valence-electron chi connectivity index (χ0n) is 23.3. The van der Waals surface area contributed by atoms with Crippen molar-refractivity contribution in [3.05, 3.63) is 75.1 Å². The number of hydrogen-bond donors (Lipinski definition) is 6. The van der Waals surface area contributed by atoms with E-state index in [0.717, 1.165) is 21.1 Å². The molecule has 3 atom stereocenters. The molecular formula is C26H24N8O9S3. The van der Waals surface area contributed by atoms with Crippen LogP contribution in [-0.4, -0.2) is 77.4 Å². The number of nitrogens with zero attached hydrogens (tertiary/aromatic N) is 4. The maximum absolute atomic E-state index is 13.4. The summed E-state index contributed by atoms with van der Waals surface area (Å²) in [4.78, 5) is 80.6. The predicted octanol–water partition coefficient (Wildman–Crippen LogP) is -2.73. The second-order valence-corrected chi connectivity index (χ2v) is 12.9. The maximum atomic E-state index is 13.4. The van der Waals surface area contributed by atoms with Crippen LogP contribution in [0.25, 0.3) is 0 Å². The molecule has 2 aliphatic rings. The normalized spacial score (nSPS) is 17.9. The number of nitrogens with one attached hydrogen (secondary N) is 2. The van der Waals surface area contributed by atoms with Crippen LogP contribution in [0.3, 0.4) is 0 Å². The van der Waals surface area contributed by atoms with Crippen LogP contribution in [0.15, 0.2) is 63.1 Å². The van der Waals surface area contributed by atoms with E-state index >= 15 is 0 Å². The Bertz CT molecular complexity index is 1840. The third-order valence-corrected chi connectivity index (χ3v) is 9.90. The van der Waals surface area contributed by atoms with Gasteiger partial charge in [0.1, 0.15) is 17.1 Å². The van der Waals surface area contributed by atoms with Gasteiger partial charge in [0.2, 0.25) is 17.9 Å². The number of hydrogen-bond acceptors (Lipinski definition) is 14. The van der Waals surface area contributed by atoms with Crippen molar-refractivity contribution in [1.82, 2.24) is 25.2 Å². The number of fused-ring (bicyclic) bond motifs is 1. The van der Waals surface area contributed by atoms with Crippen LogP contribution in [0, 0.1) is 0 Å². The van der Waals surface area contributed by atoms with Gasteiger partial charge in [0, 0.05) is 40.0 Å². The molecule has 1 saturated heterocycles. The Morgan fingerprint density at radius 3 is 2.59 bits per heavy atom.